The summed E-state index contributed by atoms with van der Waals surface area (Å²) in [6.07, 6.45) is 0. The second-order valence-electron chi connectivity index (χ2n) is 4.55. The van der Waals surface area contributed by atoms with Crippen LogP contribution >= 0.6 is 23.2 Å². The Morgan fingerprint density at radius 2 is 1.95 bits per heavy atom. The minimum Gasteiger partial charge on any atom is -0.278 e. The summed E-state index contributed by atoms with van der Waals surface area (Å²) in [5.41, 5.74) is 1.32. The molecule has 0 radical (unpaired) electrons. The zero-order valence-electron chi connectivity index (χ0n) is 11.8. The lowest BCUT2D eigenvalue weighted by Crippen LogP contribution is -2.15. The van der Waals surface area contributed by atoms with Gasteiger partial charge in [-0.25, -0.2) is 8.42 Å². The van der Waals surface area contributed by atoms with Crippen molar-refractivity contribution in [3.63, 3.8) is 0 Å². The van der Waals surface area contributed by atoms with Crippen molar-refractivity contribution in [2.45, 2.75) is 32.2 Å². The maximum atomic E-state index is 12.6. The van der Waals surface area contributed by atoms with Gasteiger partial charge >= 0.3 is 0 Å². The van der Waals surface area contributed by atoms with Gasteiger partial charge in [-0.2, -0.15) is 5.10 Å². The molecule has 1 aromatic carbocycles. The molecule has 0 atom stereocenters. The van der Waals surface area contributed by atoms with Gasteiger partial charge in [-0.1, -0.05) is 23.2 Å². The number of halogens is 2. The highest BCUT2D eigenvalue weighted by Crippen LogP contribution is 2.29. The van der Waals surface area contributed by atoms with Gasteiger partial charge in [0.2, 0.25) is 0 Å². The summed E-state index contributed by atoms with van der Waals surface area (Å²) >= 11 is 11.8. The van der Waals surface area contributed by atoms with Crippen LogP contribution in [-0.4, -0.2) is 18.2 Å². The van der Waals surface area contributed by atoms with Crippen LogP contribution in [-0.2, 0) is 16.6 Å². The van der Waals surface area contributed by atoms with E-state index >= 15 is 0 Å². The number of nitrogens with zero attached hydrogens (tertiary/aromatic N) is 2. The van der Waals surface area contributed by atoms with Crippen LogP contribution < -0.4 is 4.72 Å². The fourth-order valence-electron chi connectivity index (χ4n) is 2.15. The first kappa shape index (κ1) is 16.1. The second-order valence-corrected chi connectivity index (χ2v) is 7.01. The number of rotatable bonds is 4. The van der Waals surface area contributed by atoms with Crippen LogP contribution in [0.3, 0.4) is 0 Å². The summed E-state index contributed by atoms with van der Waals surface area (Å²) < 4.78 is 29.2. The van der Waals surface area contributed by atoms with Crippen molar-refractivity contribution >= 4 is 38.9 Å². The third kappa shape index (κ3) is 3.17. The fraction of sp³-hybridized carbons (Fsp3) is 0.308. The van der Waals surface area contributed by atoms with Crippen LogP contribution in [0.5, 0.6) is 0 Å². The molecule has 1 N–H and O–H groups in total. The number of nitrogens with one attached hydrogen (secondary N) is 1. The standard InChI is InChI=1S/C13H15Cl2N3O2S/c1-4-18-9(3)13(8(2)16-18)21(19,20)17-12-6-5-10(14)7-11(12)15/h5-7,17H,4H2,1-3H3. The van der Waals surface area contributed by atoms with Crippen molar-refractivity contribution in [3.05, 3.63) is 39.6 Å². The van der Waals surface area contributed by atoms with Crippen molar-refractivity contribution in [2.75, 3.05) is 4.72 Å². The molecule has 21 heavy (non-hydrogen) atoms. The van der Waals surface area contributed by atoms with Crippen molar-refractivity contribution in [1.82, 2.24) is 9.78 Å². The predicted octanol–water partition coefficient (Wildman–Crippen LogP) is 3.63. The van der Waals surface area contributed by atoms with Crippen molar-refractivity contribution in [3.8, 4) is 0 Å². The molecule has 0 aliphatic heterocycles. The number of sulfonamides is 1. The molecule has 1 heterocycles. The van der Waals surface area contributed by atoms with Gasteiger partial charge in [-0.3, -0.25) is 9.40 Å². The zero-order chi connectivity index (χ0) is 15.8. The van der Waals surface area contributed by atoms with E-state index in [4.69, 9.17) is 23.2 Å². The molecular weight excluding hydrogens is 333 g/mol. The van der Waals surface area contributed by atoms with Crippen molar-refractivity contribution in [1.29, 1.82) is 0 Å². The Bertz CT molecular complexity index is 785. The molecule has 0 spiro atoms. The molecule has 8 heteroatoms. The van der Waals surface area contributed by atoms with Gasteiger partial charge in [0.1, 0.15) is 4.90 Å². The van der Waals surface area contributed by atoms with E-state index in [0.717, 1.165) is 0 Å². The molecule has 0 amide bonds. The molecular formula is C13H15Cl2N3O2S. The molecule has 2 aromatic rings. The maximum absolute atomic E-state index is 12.6. The Morgan fingerprint density at radius 3 is 2.48 bits per heavy atom. The van der Waals surface area contributed by atoms with Gasteiger partial charge in [0, 0.05) is 11.6 Å². The molecule has 2 rings (SSSR count). The molecule has 0 aliphatic carbocycles. The number of aromatic nitrogens is 2. The summed E-state index contributed by atoms with van der Waals surface area (Å²) in [5, 5.41) is 4.90. The Balaban J connectivity index is 2.46. The van der Waals surface area contributed by atoms with Crippen molar-refractivity contribution < 1.29 is 8.42 Å². The second kappa shape index (κ2) is 5.87. The SMILES string of the molecule is CCn1nc(C)c(S(=O)(=O)Nc2ccc(Cl)cc2Cl)c1C. The number of benzene rings is 1. The van der Waals surface area contributed by atoms with Gasteiger partial charge in [-0.15, -0.1) is 0 Å². The zero-order valence-corrected chi connectivity index (χ0v) is 14.1. The molecule has 5 nitrogen and oxygen atoms in total. The normalized spacial score (nSPS) is 11.7. The highest BCUT2D eigenvalue weighted by molar-refractivity contribution is 7.92. The van der Waals surface area contributed by atoms with Gasteiger partial charge in [0.05, 0.1) is 22.1 Å². The Morgan fingerprint density at radius 1 is 1.29 bits per heavy atom. The highest BCUT2D eigenvalue weighted by Gasteiger charge is 2.25. The first-order chi connectivity index (χ1) is 9.76. The topological polar surface area (TPSA) is 64.0 Å². The van der Waals surface area contributed by atoms with Crippen LogP contribution in [0.15, 0.2) is 23.1 Å². The first-order valence-electron chi connectivity index (χ1n) is 6.28. The van der Waals surface area contributed by atoms with Gasteiger partial charge in [0.15, 0.2) is 0 Å². The van der Waals surface area contributed by atoms with E-state index in [-0.39, 0.29) is 15.6 Å². The third-order valence-electron chi connectivity index (χ3n) is 3.06. The molecule has 1 aromatic heterocycles. The van der Waals surface area contributed by atoms with E-state index in [1.807, 2.05) is 6.92 Å². The summed E-state index contributed by atoms with van der Waals surface area (Å²) in [5.74, 6) is 0. The van der Waals surface area contributed by atoms with Crippen LogP contribution in [0.1, 0.15) is 18.3 Å². The maximum Gasteiger partial charge on any atom is 0.265 e. The quantitative estimate of drug-likeness (QED) is 0.918. The lowest BCUT2D eigenvalue weighted by Gasteiger charge is -2.10. The lowest BCUT2D eigenvalue weighted by atomic mass is 10.3. The molecule has 0 aliphatic rings. The van der Waals surface area contributed by atoms with Gasteiger partial charge in [0.25, 0.3) is 10.0 Å². The molecule has 0 saturated carbocycles. The minimum atomic E-state index is -3.76. The average Bonchev–Trinajstić information content (AvgIpc) is 2.68. The summed E-state index contributed by atoms with van der Waals surface area (Å²) in [7, 11) is -3.76. The Labute approximate surface area is 133 Å². The molecule has 0 unspecified atom stereocenters. The Hall–Kier alpha value is -1.24. The van der Waals surface area contributed by atoms with E-state index in [9.17, 15) is 8.42 Å². The summed E-state index contributed by atoms with van der Waals surface area (Å²) in [4.78, 5) is 0.176. The fourth-order valence-corrected chi connectivity index (χ4v) is 4.15. The lowest BCUT2D eigenvalue weighted by molar-refractivity contribution is 0.598. The molecule has 0 saturated heterocycles. The Kier molecular flexibility index (Phi) is 4.51. The number of hydrogen-bond donors (Lipinski definition) is 1. The minimum absolute atomic E-state index is 0.176. The number of hydrogen-bond acceptors (Lipinski definition) is 3. The summed E-state index contributed by atoms with van der Waals surface area (Å²) in [6.45, 7) is 5.89. The van der Waals surface area contributed by atoms with Crippen LogP contribution in [0.25, 0.3) is 0 Å². The van der Waals surface area contributed by atoms with E-state index in [0.29, 0.717) is 23.0 Å². The van der Waals surface area contributed by atoms with Gasteiger partial charge in [-0.05, 0) is 39.0 Å². The molecule has 0 bridgehead atoms. The van der Waals surface area contributed by atoms with Crippen LogP contribution in [0.2, 0.25) is 10.0 Å². The highest BCUT2D eigenvalue weighted by atomic mass is 35.5. The molecule has 114 valence electrons. The van der Waals surface area contributed by atoms with E-state index in [2.05, 4.69) is 9.82 Å². The average molecular weight is 348 g/mol. The largest absolute Gasteiger partial charge is 0.278 e. The number of anilines is 1. The smallest absolute Gasteiger partial charge is 0.265 e. The third-order valence-corrected chi connectivity index (χ3v) is 5.22. The van der Waals surface area contributed by atoms with Gasteiger partial charge < -0.3 is 0 Å². The first-order valence-corrected chi connectivity index (χ1v) is 8.52. The number of aryl methyl sites for hydroxylation is 2. The molecule has 0 fully saturated rings. The van der Waals surface area contributed by atoms with Crippen LogP contribution in [0.4, 0.5) is 5.69 Å². The van der Waals surface area contributed by atoms with Crippen molar-refractivity contribution in [2.24, 2.45) is 0 Å². The van der Waals surface area contributed by atoms with E-state index < -0.39 is 10.0 Å². The predicted molar refractivity (Wildman–Crippen MR) is 84.6 cm³/mol. The van der Waals surface area contributed by atoms with E-state index in [1.54, 1.807) is 24.6 Å². The van der Waals surface area contributed by atoms with E-state index in [1.165, 1.54) is 12.1 Å². The van der Waals surface area contributed by atoms with Crippen LogP contribution in [0, 0.1) is 13.8 Å². The monoisotopic (exact) mass is 347 g/mol. The summed E-state index contributed by atoms with van der Waals surface area (Å²) in [6, 6.07) is 4.58.